The number of rotatable bonds is 6. The number of carbonyl (C=O) groups excluding carboxylic acids is 2. The standard InChI is InChI=1S/C27H39N3O4/c1-17(2)30-23-10-8-9-18(3)21(23)15-22(25(30)32)24(31)28-16-20-11-13-29(14-12-20)19(4)26(33)34-27(5,6)7/h8-10,15,17,19-20H,11-14,16H2,1-7H3,(H,28,31). The van der Waals surface area contributed by atoms with Crippen molar-refractivity contribution in [2.24, 2.45) is 5.92 Å². The number of pyridine rings is 1. The number of ether oxygens (including phenoxy) is 1. The Labute approximate surface area is 202 Å². The molecule has 186 valence electrons. The van der Waals surface area contributed by atoms with Crippen molar-refractivity contribution in [1.82, 2.24) is 14.8 Å². The number of benzene rings is 1. The van der Waals surface area contributed by atoms with Crippen LogP contribution in [0, 0.1) is 12.8 Å². The zero-order valence-corrected chi connectivity index (χ0v) is 21.6. The number of hydrogen-bond acceptors (Lipinski definition) is 5. The Hall–Kier alpha value is -2.67. The minimum atomic E-state index is -0.497. The minimum absolute atomic E-state index is 0.0548. The zero-order chi connectivity index (χ0) is 25.2. The van der Waals surface area contributed by atoms with Crippen molar-refractivity contribution in [2.45, 2.75) is 79.0 Å². The SMILES string of the molecule is Cc1cccc2c1cc(C(=O)NCC1CCN(C(C)C(=O)OC(C)(C)C)CC1)c(=O)n2C(C)C. The Morgan fingerprint density at radius 3 is 2.38 bits per heavy atom. The molecule has 0 bridgehead atoms. The van der Waals surface area contributed by atoms with Crippen molar-refractivity contribution in [2.75, 3.05) is 19.6 Å². The molecule has 1 amide bonds. The number of aryl methyl sites for hydroxylation is 1. The lowest BCUT2D eigenvalue weighted by atomic mass is 9.95. The topological polar surface area (TPSA) is 80.6 Å². The first-order valence-electron chi connectivity index (χ1n) is 12.3. The second-order valence-electron chi connectivity index (χ2n) is 10.7. The van der Waals surface area contributed by atoms with Crippen LogP contribution in [0.4, 0.5) is 0 Å². The highest BCUT2D eigenvalue weighted by Gasteiger charge is 2.30. The van der Waals surface area contributed by atoms with E-state index in [4.69, 9.17) is 4.74 Å². The van der Waals surface area contributed by atoms with Gasteiger partial charge in [-0.1, -0.05) is 12.1 Å². The summed E-state index contributed by atoms with van der Waals surface area (Å²) in [5.74, 6) is -0.220. The summed E-state index contributed by atoms with van der Waals surface area (Å²) in [5.41, 5.74) is 1.32. The summed E-state index contributed by atoms with van der Waals surface area (Å²) in [6.45, 7) is 15.5. The fourth-order valence-electron chi connectivity index (χ4n) is 4.60. The van der Waals surface area contributed by atoms with Gasteiger partial charge in [0.15, 0.2) is 0 Å². The number of nitrogens with zero attached hydrogens (tertiary/aromatic N) is 2. The van der Waals surface area contributed by atoms with Crippen molar-refractivity contribution >= 4 is 22.8 Å². The summed E-state index contributed by atoms with van der Waals surface area (Å²) >= 11 is 0. The molecule has 2 aromatic rings. The quantitative estimate of drug-likeness (QED) is 0.646. The molecule has 1 aromatic carbocycles. The molecular formula is C27H39N3O4. The van der Waals surface area contributed by atoms with Gasteiger partial charge in [-0.15, -0.1) is 0 Å². The summed E-state index contributed by atoms with van der Waals surface area (Å²) in [6, 6.07) is 7.24. The van der Waals surface area contributed by atoms with Crippen LogP contribution in [0.3, 0.4) is 0 Å². The molecule has 2 heterocycles. The predicted molar refractivity (Wildman–Crippen MR) is 135 cm³/mol. The molecule has 0 saturated carbocycles. The maximum Gasteiger partial charge on any atom is 0.323 e. The zero-order valence-electron chi connectivity index (χ0n) is 21.6. The molecule has 0 spiro atoms. The highest BCUT2D eigenvalue weighted by molar-refractivity contribution is 5.98. The third-order valence-corrected chi connectivity index (χ3v) is 6.56. The lowest BCUT2D eigenvalue weighted by molar-refractivity contribution is -0.161. The molecule has 1 N–H and O–H groups in total. The molecule has 3 rings (SSSR count). The van der Waals surface area contributed by atoms with Crippen LogP contribution in [0.5, 0.6) is 0 Å². The smallest absolute Gasteiger partial charge is 0.323 e. The number of nitrogens with one attached hydrogen (secondary N) is 1. The first kappa shape index (κ1) is 25.9. The summed E-state index contributed by atoms with van der Waals surface area (Å²) in [6.07, 6.45) is 1.75. The lowest BCUT2D eigenvalue weighted by Gasteiger charge is -2.36. The molecule has 1 fully saturated rings. The Balaban J connectivity index is 1.64. The van der Waals surface area contributed by atoms with Gasteiger partial charge < -0.3 is 14.6 Å². The first-order valence-corrected chi connectivity index (χ1v) is 12.3. The van der Waals surface area contributed by atoms with Gasteiger partial charge in [-0.2, -0.15) is 0 Å². The fourth-order valence-corrected chi connectivity index (χ4v) is 4.60. The summed E-state index contributed by atoms with van der Waals surface area (Å²) in [7, 11) is 0. The van der Waals surface area contributed by atoms with Crippen molar-refractivity contribution < 1.29 is 14.3 Å². The van der Waals surface area contributed by atoms with Gasteiger partial charge in [0.25, 0.3) is 11.5 Å². The van der Waals surface area contributed by atoms with Gasteiger partial charge in [0, 0.05) is 18.0 Å². The van der Waals surface area contributed by atoms with E-state index < -0.39 is 5.60 Å². The van der Waals surface area contributed by atoms with E-state index in [1.54, 1.807) is 10.6 Å². The maximum atomic E-state index is 13.2. The molecule has 0 aliphatic carbocycles. The second-order valence-corrected chi connectivity index (χ2v) is 10.7. The second kappa shape index (κ2) is 10.3. The van der Waals surface area contributed by atoms with Crippen LogP contribution in [0.25, 0.3) is 10.9 Å². The van der Waals surface area contributed by atoms with Crippen LogP contribution in [-0.4, -0.2) is 52.6 Å². The largest absolute Gasteiger partial charge is 0.459 e. The lowest BCUT2D eigenvalue weighted by Crippen LogP contribution is -2.47. The van der Waals surface area contributed by atoms with Crippen molar-refractivity contribution in [1.29, 1.82) is 0 Å². The number of likely N-dealkylation sites (tertiary alicyclic amines) is 1. The number of esters is 1. The van der Waals surface area contributed by atoms with E-state index in [1.165, 1.54) is 0 Å². The highest BCUT2D eigenvalue weighted by Crippen LogP contribution is 2.22. The van der Waals surface area contributed by atoms with Crippen LogP contribution >= 0.6 is 0 Å². The first-order chi connectivity index (χ1) is 15.9. The monoisotopic (exact) mass is 469 g/mol. The molecule has 7 heteroatoms. The summed E-state index contributed by atoms with van der Waals surface area (Å²) in [4.78, 5) is 40.7. The molecule has 1 saturated heterocycles. The molecule has 34 heavy (non-hydrogen) atoms. The number of hydrogen-bond donors (Lipinski definition) is 1. The molecule has 1 unspecified atom stereocenters. The number of carbonyl (C=O) groups is 2. The molecule has 0 radical (unpaired) electrons. The van der Waals surface area contributed by atoms with E-state index >= 15 is 0 Å². The van der Waals surface area contributed by atoms with Gasteiger partial charge in [-0.25, -0.2) is 0 Å². The van der Waals surface area contributed by atoms with Gasteiger partial charge in [-0.3, -0.25) is 19.3 Å². The highest BCUT2D eigenvalue weighted by atomic mass is 16.6. The number of amides is 1. The van der Waals surface area contributed by atoms with Gasteiger partial charge in [0.2, 0.25) is 0 Å². The Bertz CT molecular complexity index is 1110. The van der Waals surface area contributed by atoms with E-state index in [2.05, 4.69) is 10.2 Å². The molecule has 1 aliphatic rings. The van der Waals surface area contributed by atoms with Crippen LogP contribution in [0.1, 0.15) is 76.3 Å². The van der Waals surface area contributed by atoms with E-state index in [1.807, 2.05) is 66.7 Å². The van der Waals surface area contributed by atoms with Gasteiger partial charge in [0.05, 0.1) is 5.52 Å². The van der Waals surface area contributed by atoms with Crippen LogP contribution in [0.2, 0.25) is 0 Å². The van der Waals surface area contributed by atoms with Gasteiger partial charge >= 0.3 is 5.97 Å². The number of fused-ring (bicyclic) bond motifs is 1. The normalized spacial score (nSPS) is 16.6. The third-order valence-electron chi connectivity index (χ3n) is 6.56. The van der Waals surface area contributed by atoms with Crippen molar-refractivity contribution in [3.8, 4) is 0 Å². The average molecular weight is 470 g/mol. The van der Waals surface area contributed by atoms with E-state index in [0.29, 0.717) is 12.5 Å². The third kappa shape index (κ3) is 5.87. The average Bonchev–Trinajstić information content (AvgIpc) is 2.75. The van der Waals surface area contributed by atoms with E-state index in [0.717, 1.165) is 42.4 Å². The number of piperidine rings is 1. The van der Waals surface area contributed by atoms with E-state index in [9.17, 15) is 14.4 Å². The van der Waals surface area contributed by atoms with Gasteiger partial charge in [-0.05, 0) is 98.0 Å². The Morgan fingerprint density at radius 2 is 1.79 bits per heavy atom. The number of aromatic nitrogens is 1. The minimum Gasteiger partial charge on any atom is -0.459 e. The van der Waals surface area contributed by atoms with E-state index in [-0.39, 0.29) is 35.1 Å². The van der Waals surface area contributed by atoms with Crippen LogP contribution in [0.15, 0.2) is 29.1 Å². The molecule has 1 aromatic heterocycles. The Morgan fingerprint density at radius 1 is 1.15 bits per heavy atom. The predicted octanol–water partition coefficient (Wildman–Crippen LogP) is 4.06. The van der Waals surface area contributed by atoms with Gasteiger partial charge in [0.1, 0.15) is 17.2 Å². The summed E-state index contributed by atoms with van der Waals surface area (Å²) in [5, 5.41) is 3.92. The Kier molecular flexibility index (Phi) is 7.86. The fraction of sp³-hybridized carbons (Fsp3) is 0.593. The molecule has 7 nitrogen and oxygen atoms in total. The van der Waals surface area contributed by atoms with Crippen LogP contribution in [-0.2, 0) is 9.53 Å². The molecular weight excluding hydrogens is 430 g/mol. The van der Waals surface area contributed by atoms with Crippen LogP contribution < -0.4 is 10.9 Å². The summed E-state index contributed by atoms with van der Waals surface area (Å²) < 4.78 is 7.22. The molecule has 1 aliphatic heterocycles. The molecule has 1 atom stereocenters. The van der Waals surface area contributed by atoms with Crippen molar-refractivity contribution in [3.63, 3.8) is 0 Å². The van der Waals surface area contributed by atoms with Crippen molar-refractivity contribution in [3.05, 3.63) is 45.7 Å². The maximum absolute atomic E-state index is 13.2.